The summed E-state index contributed by atoms with van der Waals surface area (Å²) in [6.45, 7) is -0.521. The molecule has 0 fully saturated rings. The van der Waals surface area contributed by atoms with Gasteiger partial charge >= 0.3 is 0 Å². The van der Waals surface area contributed by atoms with E-state index in [1.165, 1.54) is 0 Å². The molecule has 32 heavy (non-hydrogen) atoms. The number of anilines is 1. The molecule has 0 unspecified atom stereocenters. The SMILES string of the molecule is O=C(CNC(=O)c1cc(-c2ccccn2)nc2ccccc12)Nc1ccc(F)c(F)c1F. The number of amides is 2. The van der Waals surface area contributed by atoms with Gasteiger partial charge in [0.25, 0.3) is 5.91 Å². The van der Waals surface area contributed by atoms with Crippen molar-refractivity contribution >= 4 is 28.4 Å². The summed E-state index contributed by atoms with van der Waals surface area (Å²) in [5.74, 6) is -5.97. The first-order valence-corrected chi connectivity index (χ1v) is 9.47. The molecule has 2 amide bonds. The Morgan fingerprint density at radius 3 is 2.44 bits per heavy atom. The van der Waals surface area contributed by atoms with Crippen molar-refractivity contribution in [2.45, 2.75) is 0 Å². The maximum Gasteiger partial charge on any atom is 0.252 e. The lowest BCUT2D eigenvalue weighted by molar-refractivity contribution is -0.115. The zero-order valence-corrected chi connectivity index (χ0v) is 16.4. The van der Waals surface area contributed by atoms with Gasteiger partial charge in [-0.1, -0.05) is 24.3 Å². The van der Waals surface area contributed by atoms with Crippen molar-refractivity contribution in [1.29, 1.82) is 0 Å². The highest BCUT2D eigenvalue weighted by Gasteiger charge is 2.17. The predicted molar refractivity (Wildman–Crippen MR) is 112 cm³/mol. The number of para-hydroxylation sites is 1. The highest BCUT2D eigenvalue weighted by molar-refractivity contribution is 6.08. The molecule has 0 aliphatic heterocycles. The molecule has 9 heteroatoms. The molecule has 0 saturated heterocycles. The summed E-state index contributed by atoms with van der Waals surface area (Å²) < 4.78 is 40.1. The normalized spacial score (nSPS) is 10.7. The van der Waals surface area contributed by atoms with Gasteiger partial charge in [0.15, 0.2) is 17.5 Å². The fourth-order valence-electron chi connectivity index (χ4n) is 3.08. The van der Waals surface area contributed by atoms with E-state index in [1.54, 1.807) is 54.7 Å². The van der Waals surface area contributed by atoms with E-state index in [-0.39, 0.29) is 5.56 Å². The van der Waals surface area contributed by atoms with Crippen LogP contribution in [0.3, 0.4) is 0 Å². The lowest BCUT2D eigenvalue weighted by atomic mass is 10.1. The number of rotatable bonds is 5. The summed E-state index contributed by atoms with van der Waals surface area (Å²) in [6.07, 6.45) is 1.60. The number of carbonyl (C=O) groups excluding carboxylic acids is 2. The van der Waals surface area contributed by atoms with Crippen LogP contribution in [0.2, 0.25) is 0 Å². The standard InChI is InChI=1S/C23H15F3N4O2/c24-15-8-9-18(22(26)21(15)25)30-20(31)12-28-23(32)14-11-19(17-7-3-4-10-27-17)29-16-6-2-1-5-13(14)16/h1-11H,12H2,(H,28,32)(H,30,31). The van der Waals surface area contributed by atoms with Crippen molar-refractivity contribution in [2.75, 3.05) is 11.9 Å². The average molecular weight is 436 g/mol. The van der Waals surface area contributed by atoms with Gasteiger partial charge in [-0.15, -0.1) is 0 Å². The topological polar surface area (TPSA) is 84.0 Å². The Balaban J connectivity index is 1.55. The third-order valence-corrected chi connectivity index (χ3v) is 4.61. The van der Waals surface area contributed by atoms with Crippen LogP contribution < -0.4 is 10.6 Å². The molecule has 0 aliphatic rings. The van der Waals surface area contributed by atoms with E-state index in [1.807, 2.05) is 0 Å². The number of hydrogen-bond donors (Lipinski definition) is 2. The molecule has 0 aliphatic carbocycles. The Bertz CT molecular complexity index is 1330. The van der Waals surface area contributed by atoms with Crippen LogP contribution in [0, 0.1) is 17.5 Å². The summed E-state index contributed by atoms with van der Waals surface area (Å²) in [4.78, 5) is 33.7. The number of nitrogens with zero attached hydrogens (tertiary/aromatic N) is 2. The molecule has 2 N–H and O–H groups in total. The van der Waals surface area contributed by atoms with E-state index in [0.29, 0.717) is 28.4 Å². The Kier molecular flexibility index (Phi) is 5.80. The van der Waals surface area contributed by atoms with Gasteiger partial charge in [-0.3, -0.25) is 14.6 Å². The number of halogens is 3. The second-order valence-corrected chi connectivity index (χ2v) is 6.74. The maximum absolute atomic E-state index is 13.7. The van der Waals surface area contributed by atoms with Crippen LogP contribution in [0.25, 0.3) is 22.3 Å². The van der Waals surface area contributed by atoms with Crippen LogP contribution in [0.15, 0.2) is 66.9 Å². The van der Waals surface area contributed by atoms with Crippen LogP contribution >= 0.6 is 0 Å². The van der Waals surface area contributed by atoms with Crippen LogP contribution in [0.4, 0.5) is 18.9 Å². The summed E-state index contributed by atoms with van der Waals surface area (Å²) in [5.41, 5.74) is 1.34. The van der Waals surface area contributed by atoms with E-state index < -0.39 is 41.5 Å². The molecule has 4 rings (SSSR count). The second kappa shape index (κ2) is 8.84. The predicted octanol–water partition coefficient (Wildman–Crippen LogP) is 4.08. The van der Waals surface area contributed by atoms with Gasteiger partial charge < -0.3 is 10.6 Å². The smallest absolute Gasteiger partial charge is 0.252 e. The van der Waals surface area contributed by atoms with Gasteiger partial charge in [-0.05, 0) is 36.4 Å². The van der Waals surface area contributed by atoms with Crippen molar-refractivity contribution in [2.24, 2.45) is 0 Å². The molecular weight excluding hydrogens is 421 g/mol. The molecule has 160 valence electrons. The number of carbonyl (C=O) groups is 2. The number of fused-ring (bicyclic) bond motifs is 1. The van der Waals surface area contributed by atoms with Crippen molar-refractivity contribution < 1.29 is 22.8 Å². The Hall–Kier alpha value is -4.27. The quantitative estimate of drug-likeness (QED) is 0.462. The Morgan fingerprint density at radius 1 is 0.875 bits per heavy atom. The number of hydrogen-bond acceptors (Lipinski definition) is 4. The van der Waals surface area contributed by atoms with Crippen molar-refractivity contribution in [3.05, 3.63) is 89.9 Å². The van der Waals surface area contributed by atoms with Gasteiger partial charge in [-0.25, -0.2) is 18.2 Å². The number of nitrogens with one attached hydrogen (secondary N) is 2. The van der Waals surface area contributed by atoms with Gasteiger partial charge in [0.1, 0.15) is 0 Å². The van der Waals surface area contributed by atoms with Gasteiger partial charge in [0.2, 0.25) is 5.91 Å². The van der Waals surface area contributed by atoms with Crippen molar-refractivity contribution in [1.82, 2.24) is 15.3 Å². The zero-order chi connectivity index (χ0) is 22.7. The average Bonchev–Trinajstić information content (AvgIpc) is 2.82. The summed E-state index contributed by atoms with van der Waals surface area (Å²) in [5, 5.41) is 5.11. The van der Waals surface area contributed by atoms with E-state index in [0.717, 1.165) is 6.07 Å². The van der Waals surface area contributed by atoms with Crippen LogP contribution in [0.5, 0.6) is 0 Å². The Morgan fingerprint density at radius 2 is 1.66 bits per heavy atom. The van der Waals surface area contributed by atoms with Gasteiger partial charge in [0.05, 0.1) is 34.7 Å². The molecular formula is C23H15F3N4O2. The minimum atomic E-state index is -1.70. The summed E-state index contributed by atoms with van der Waals surface area (Å²) in [6, 6.07) is 15.4. The minimum Gasteiger partial charge on any atom is -0.343 e. The molecule has 0 bridgehead atoms. The zero-order valence-electron chi connectivity index (χ0n) is 16.4. The molecule has 0 saturated carbocycles. The van der Waals surface area contributed by atoms with E-state index >= 15 is 0 Å². The van der Waals surface area contributed by atoms with Crippen molar-refractivity contribution in [3.8, 4) is 11.4 Å². The molecule has 2 heterocycles. The van der Waals surface area contributed by atoms with E-state index in [9.17, 15) is 22.8 Å². The van der Waals surface area contributed by atoms with E-state index in [4.69, 9.17) is 0 Å². The lowest BCUT2D eigenvalue weighted by Gasteiger charge is -2.11. The fraction of sp³-hybridized carbons (Fsp3) is 0.0435. The summed E-state index contributed by atoms with van der Waals surface area (Å²) >= 11 is 0. The van der Waals surface area contributed by atoms with E-state index in [2.05, 4.69) is 20.6 Å². The third kappa shape index (κ3) is 4.27. The number of aromatic nitrogens is 2. The molecule has 2 aromatic carbocycles. The highest BCUT2D eigenvalue weighted by Crippen LogP contribution is 2.24. The van der Waals surface area contributed by atoms with Crippen molar-refractivity contribution in [3.63, 3.8) is 0 Å². The second-order valence-electron chi connectivity index (χ2n) is 6.74. The Labute approximate surface area is 180 Å². The molecule has 0 spiro atoms. The molecule has 2 aromatic heterocycles. The monoisotopic (exact) mass is 436 g/mol. The highest BCUT2D eigenvalue weighted by atomic mass is 19.2. The van der Waals surface area contributed by atoms with Gasteiger partial charge in [-0.2, -0.15) is 0 Å². The first kappa shape index (κ1) is 21.0. The molecule has 4 aromatic rings. The first-order valence-electron chi connectivity index (χ1n) is 9.47. The number of benzene rings is 2. The first-order chi connectivity index (χ1) is 15.4. The largest absolute Gasteiger partial charge is 0.343 e. The molecule has 0 atom stereocenters. The van der Waals surface area contributed by atoms with Crippen LogP contribution in [-0.2, 0) is 4.79 Å². The number of pyridine rings is 2. The third-order valence-electron chi connectivity index (χ3n) is 4.61. The molecule has 0 radical (unpaired) electrons. The van der Waals surface area contributed by atoms with Crippen LogP contribution in [0.1, 0.15) is 10.4 Å². The van der Waals surface area contributed by atoms with Gasteiger partial charge in [0, 0.05) is 11.6 Å². The fourth-order valence-corrected chi connectivity index (χ4v) is 3.08. The lowest BCUT2D eigenvalue weighted by Crippen LogP contribution is -2.33. The summed E-state index contributed by atoms with van der Waals surface area (Å²) in [7, 11) is 0. The van der Waals surface area contributed by atoms with Crippen LogP contribution in [-0.4, -0.2) is 28.3 Å². The maximum atomic E-state index is 13.7. The minimum absolute atomic E-state index is 0.267. The molecule has 6 nitrogen and oxygen atoms in total.